The second-order valence-electron chi connectivity index (χ2n) is 6.53. The van der Waals surface area contributed by atoms with Gasteiger partial charge in [0.1, 0.15) is 0 Å². The van der Waals surface area contributed by atoms with Gasteiger partial charge in [-0.25, -0.2) is 0 Å². The van der Waals surface area contributed by atoms with Crippen molar-refractivity contribution in [3.05, 3.63) is 0 Å². The summed E-state index contributed by atoms with van der Waals surface area (Å²) in [6.45, 7) is 10.1. The first-order chi connectivity index (χ1) is 11.7. The van der Waals surface area contributed by atoms with E-state index in [1.165, 1.54) is 25.7 Å². The predicted octanol–water partition coefficient (Wildman–Crippen LogP) is 2.23. The lowest BCUT2D eigenvalue weighted by Gasteiger charge is -2.17. The highest BCUT2D eigenvalue weighted by Gasteiger charge is 2.14. The molecule has 0 aliphatic rings. The van der Waals surface area contributed by atoms with Crippen LogP contribution in [0.2, 0.25) is 0 Å². The third kappa shape index (κ3) is 69.1. The summed E-state index contributed by atoms with van der Waals surface area (Å²) in [4.78, 5) is 0. The van der Waals surface area contributed by atoms with Crippen LogP contribution in [-0.4, -0.2) is 68.8 Å². The minimum Gasteiger partial charge on any atom is -0.396 e. The van der Waals surface area contributed by atoms with Crippen molar-refractivity contribution in [2.24, 2.45) is 0 Å². The van der Waals surface area contributed by atoms with Crippen molar-refractivity contribution in [3.8, 4) is 0 Å². The fourth-order valence-electron chi connectivity index (χ4n) is 1.52. The van der Waals surface area contributed by atoms with E-state index in [0.717, 1.165) is 12.8 Å². The maximum Gasteiger partial charge on any atom is 0.0616 e. The van der Waals surface area contributed by atoms with Gasteiger partial charge in [-0.1, -0.05) is 39.5 Å². The normalized spacial score (nSPS) is 11.2. The van der Waals surface area contributed by atoms with Gasteiger partial charge in [0.15, 0.2) is 0 Å². The van der Waals surface area contributed by atoms with Crippen LogP contribution in [0.1, 0.15) is 86.0 Å². The summed E-state index contributed by atoms with van der Waals surface area (Å²) in [5, 5.41) is 49.7. The van der Waals surface area contributed by atoms with Crippen LogP contribution in [0.25, 0.3) is 0 Å². The first-order valence-electron chi connectivity index (χ1n) is 9.50. The third-order valence-electron chi connectivity index (χ3n) is 2.63. The molecule has 0 saturated carbocycles. The lowest BCUT2D eigenvalue weighted by Crippen LogP contribution is -2.24. The van der Waals surface area contributed by atoms with Crippen LogP contribution in [0.4, 0.5) is 0 Å². The number of hydrogen-bond donors (Lipinski definition) is 6. The van der Waals surface area contributed by atoms with Crippen molar-refractivity contribution in [1.29, 1.82) is 0 Å². The summed E-state index contributed by atoms with van der Waals surface area (Å²) < 4.78 is 0. The Morgan fingerprint density at radius 2 is 1.00 bits per heavy atom. The number of aliphatic hydroxyl groups excluding tert-OH is 5. The summed E-state index contributed by atoms with van der Waals surface area (Å²) >= 11 is 0. The zero-order valence-electron chi connectivity index (χ0n) is 17.2. The molecule has 0 aromatic rings. The Morgan fingerprint density at radius 1 is 0.680 bits per heavy atom. The molecule has 0 rings (SSSR count). The molecule has 25 heavy (non-hydrogen) atoms. The van der Waals surface area contributed by atoms with Crippen molar-refractivity contribution in [2.45, 2.75) is 97.7 Å². The lowest BCUT2D eigenvalue weighted by atomic mass is 10.0. The molecule has 0 aliphatic heterocycles. The largest absolute Gasteiger partial charge is 0.396 e. The molecule has 0 fully saturated rings. The molecule has 0 aromatic heterocycles. The highest BCUT2D eigenvalue weighted by Crippen LogP contribution is 2.09. The van der Waals surface area contributed by atoms with Crippen molar-refractivity contribution in [3.63, 3.8) is 0 Å². The molecule has 1 unspecified atom stereocenters. The predicted molar refractivity (Wildman–Crippen MR) is 105 cm³/mol. The zero-order chi connectivity index (χ0) is 20.6. The quantitative estimate of drug-likeness (QED) is 0.328. The van der Waals surface area contributed by atoms with Gasteiger partial charge in [0.05, 0.1) is 11.7 Å². The minimum absolute atomic E-state index is 0.0938. The Bertz CT molecular complexity index is 175. The van der Waals surface area contributed by atoms with Gasteiger partial charge in [0.25, 0.3) is 0 Å². The van der Waals surface area contributed by atoms with Crippen LogP contribution in [0.15, 0.2) is 0 Å². The van der Waals surface area contributed by atoms with E-state index < -0.39 is 11.7 Å². The molecule has 0 radical (unpaired) electrons. The Balaban J connectivity index is -0.000000119. The molecule has 0 saturated heterocycles. The monoisotopic (exact) mass is 370 g/mol. The third-order valence-corrected chi connectivity index (χ3v) is 2.63. The smallest absolute Gasteiger partial charge is 0.0616 e. The van der Waals surface area contributed by atoms with E-state index in [2.05, 4.69) is 13.8 Å². The van der Waals surface area contributed by atoms with Gasteiger partial charge in [-0.15, -0.1) is 0 Å². The SMILES string of the molecule is CC(O)CC(C)(C)O.CCCCCC.OCCCCO.OCCCO. The van der Waals surface area contributed by atoms with Crippen LogP contribution in [-0.2, 0) is 0 Å². The number of unbranched alkanes of at least 4 members (excludes halogenated alkanes) is 4. The first kappa shape index (κ1) is 32.4. The number of aliphatic hydroxyl groups is 6. The molecule has 6 heteroatoms. The van der Waals surface area contributed by atoms with Crippen LogP contribution >= 0.6 is 0 Å². The molecule has 0 heterocycles. The molecule has 1 atom stereocenters. The molecule has 0 aliphatic carbocycles. The Hall–Kier alpha value is -0.240. The zero-order valence-corrected chi connectivity index (χ0v) is 17.2. The van der Waals surface area contributed by atoms with Crippen LogP contribution in [0.5, 0.6) is 0 Å². The highest BCUT2D eigenvalue weighted by molar-refractivity contribution is 4.67. The Morgan fingerprint density at radius 3 is 1.08 bits per heavy atom. The molecule has 158 valence electrons. The maximum atomic E-state index is 9.03. The van der Waals surface area contributed by atoms with E-state index in [1.807, 2.05) is 0 Å². The molecule has 6 N–H and O–H groups in total. The lowest BCUT2D eigenvalue weighted by molar-refractivity contribution is 0.0248. The summed E-state index contributed by atoms with van der Waals surface area (Å²) in [7, 11) is 0. The Kier molecular flexibility index (Phi) is 37.0. The van der Waals surface area contributed by atoms with E-state index in [-0.39, 0.29) is 26.4 Å². The molecular formula is C19H46O6. The summed E-state index contributed by atoms with van der Waals surface area (Å²) in [5.74, 6) is 0. The van der Waals surface area contributed by atoms with Gasteiger partial charge in [0.2, 0.25) is 0 Å². The molecule has 6 nitrogen and oxygen atoms in total. The van der Waals surface area contributed by atoms with Crippen LogP contribution < -0.4 is 0 Å². The topological polar surface area (TPSA) is 121 Å². The van der Waals surface area contributed by atoms with Gasteiger partial charge < -0.3 is 30.6 Å². The summed E-state index contributed by atoms with van der Waals surface area (Å²) in [6, 6.07) is 0. The van der Waals surface area contributed by atoms with Gasteiger partial charge in [0, 0.05) is 32.8 Å². The van der Waals surface area contributed by atoms with Crippen molar-refractivity contribution in [2.75, 3.05) is 26.4 Å². The molecule has 0 amide bonds. The van der Waals surface area contributed by atoms with Crippen molar-refractivity contribution in [1.82, 2.24) is 0 Å². The molecule has 0 aromatic carbocycles. The number of hydrogen-bond acceptors (Lipinski definition) is 6. The van der Waals surface area contributed by atoms with Crippen LogP contribution in [0.3, 0.4) is 0 Å². The van der Waals surface area contributed by atoms with Crippen LogP contribution in [0, 0.1) is 0 Å². The Labute approximate surface area is 155 Å². The summed E-state index contributed by atoms with van der Waals surface area (Å²) in [6.07, 6.45) is 7.50. The average Bonchev–Trinajstić information content (AvgIpc) is 2.51. The van der Waals surface area contributed by atoms with E-state index in [0.29, 0.717) is 12.8 Å². The van der Waals surface area contributed by atoms with E-state index in [1.54, 1.807) is 20.8 Å². The molecule has 0 bridgehead atoms. The second kappa shape index (κ2) is 28.6. The standard InChI is InChI=1S/C6H14O2.C6H14.C4H10O2.C3H8O2/c1-5(7)4-6(2,3)8;1-3-5-6-4-2;5-3-1-2-4-6;4-2-1-3-5/h5,7-8H,4H2,1-3H3;3-6H2,1-2H3;5-6H,1-4H2;4-5H,1-3H2. The fraction of sp³-hybridized carbons (Fsp3) is 1.00. The first-order valence-corrected chi connectivity index (χ1v) is 9.50. The number of rotatable bonds is 10. The van der Waals surface area contributed by atoms with E-state index >= 15 is 0 Å². The fourth-order valence-corrected chi connectivity index (χ4v) is 1.52. The highest BCUT2D eigenvalue weighted by atomic mass is 16.3. The van der Waals surface area contributed by atoms with Gasteiger partial charge >= 0.3 is 0 Å². The molecular weight excluding hydrogens is 324 g/mol. The van der Waals surface area contributed by atoms with E-state index in [9.17, 15) is 0 Å². The second-order valence-corrected chi connectivity index (χ2v) is 6.53. The average molecular weight is 371 g/mol. The van der Waals surface area contributed by atoms with Gasteiger partial charge in [-0.3, -0.25) is 0 Å². The minimum atomic E-state index is -0.728. The summed E-state index contributed by atoms with van der Waals surface area (Å²) in [5.41, 5.74) is -0.728. The maximum absolute atomic E-state index is 9.03. The van der Waals surface area contributed by atoms with E-state index in [4.69, 9.17) is 30.6 Å². The van der Waals surface area contributed by atoms with Crippen molar-refractivity contribution < 1.29 is 30.6 Å². The van der Waals surface area contributed by atoms with Gasteiger partial charge in [-0.05, 0) is 40.0 Å². The van der Waals surface area contributed by atoms with Crippen molar-refractivity contribution >= 4 is 0 Å². The van der Waals surface area contributed by atoms with Gasteiger partial charge in [-0.2, -0.15) is 0 Å². The molecule has 0 spiro atoms.